The van der Waals surface area contributed by atoms with Gasteiger partial charge in [0.25, 0.3) is 0 Å². The second kappa shape index (κ2) is 6.42. The van der Waals surface area contributed by atoms with Gasteiger partial charge in [0.15, 0.2) is 0 Å². The number of benzene rings is 2. The lowest BCUT2D eigenvalue weighted by Crippen LogP contribution is -2.01. The summed E-state index contributed by atoms with van der Waals surface area (Å²) in [6.45, 7) is 2.08. The summed E-state index contributed by atoms with van der Waals surface area (Å²) in [5, 5.41) is 11.2. The molecule has 0 aliphatic rings. The van der Waals surface area contributed by atoms with Crippen LogP contribution in [0.4, 0.5) is 0 Å². The van der Waals surface area contributed by atoms with Gasteiger partial charge < -0.3 is 5.11 Å². The van der Waals surface area contributed by atoms with Crippen molar-refractivity contribution in [1.82, 2.24) is 0 Å². The number of aryl methyl sites for hydroxylation is 2. The second-order valence-electron chi connectivity index (χ2n) is 4.62. The lowest BCUT2D eigenvalue weighted by molar-refractivity contribution is 0.168. The lowest BCUT2D eigenvalue weighted by atomic mass is 9.99. The third kappa shape index (κ3) is 3.50. The molecule has 1 nitrogen and oxygen atoms in total. The second-order valence-corrected chi connectivity index (χ2v) is 5.41. The number of halogens is 2. The summed E-state index contributed by atoms with van der Waals surface area (Å²) < 4.78 is 0. The van der Waals surface area contributed by atoms with Crippen LogP contribution in [-0.4, -0.2) is 5.11 Å². The molecular weight excluding hydrogens is 279 g/mol. The van der Waals surface area contributed by atoms with E-state index >= 15 is 0 Å². The predicted octanol–water partition coefficient (Wildman–Crippen LogP) is 4.97. The monoisotopic (exact) mass is 294 g/mol. The van der Waals surface area contributed by atoms with Gasteiger partial charge in [-0.1, -0.05) is 59.6 Å². The van der Waals surface area contributed by atoms with Crippen molar-refractivity contribution in [2.24, 2.45) is 0 Å². The van der Waals surface area contributed by atoms with Gasteiger partial charge in [0.1, 0.15) is 0 Å². The van der Waals surface area contributed by atoms with Crippen molar-refractivity contribution in [2.45, 2.75) is 25.9 Å². The molecule has 2 aromatic carbocycles. The van der Waals surface area contributed by atoms with Crippen LogP contribution in [0.15, 0.2) is 42.5 Å². The predicted molar refractivity (Wildman–Crippen MR) is 80.9 cm³/mol. The zero-order valence-electron chi connectivity index (χ0n) is 10.7. The molecule has 1 N–H and O–H groups in total. The van der Waals surface area contributed by atoms with Gasteiger partial charge in [0, 0.05) is 5.56 Å². The molecule has 0 saturated carbocycles. The highest BCUT2D eigenvalue weighted by Gasteiger charge is 2.13. The quantitative estimate of drug-likeness (QED) is 0.844. The molecule has 0 aliphatic heterocycles. The van der Waals surface area contributed by atoms with Crippen molar-refractivity contribution >= 4 is 23.2 Å². The molecule has 0 saturated heterocycles. The number of rotatable bonds is 4. The van der Waals surface area contributed by atoms with Crippen molar-refractivity contribution < 1.29 is 5.11 Å². The summed E-state index contributed by atoms with van der Waals surface area (Å²) >= 11 is 12.1. The Hall–Kier alpha value is -1.02. The Morgan fingerprint density at radius 2 is 1.79 bits per heavy atom. The highest BCUT2D eigenvalue weighted by Crippen LogP contribution is 2.31. The van der Waals surface area contributed by atoms with Crippen LogP contribution >= 0.6 is 23.2 Å². The average Bonchev–Trinajstić information content (AvgIpc) is 2.40. The summed E-state index contributed by atoms with van der Waals surface area (Å²) in [6.07, 6.45) is 0.854. The molecule has 0 aliphatic carbocycles. The summed E-state index contributed by atoms with van der Waals surface area (Å²) in [5.41, 5.74) is 3.19. The van der Waals surface area contributed by atoms with Gasteiger partial charge in [-0.15, -0.1) is 0 Å². The fourth-order valence-electron chi connectivity index (χ4n) is 2.12. The van der Waals surface area contributed by atoms with E-state index in [9.17, 15) is 5.11 Å². The van der Waals surface area contributed by atoms with E-state index in [0.29, 0.717) is 22.0 Å². The Morgan fingerprint density at radius 3 is 2.53 bits per heavy atom. The molecule has 0 aromatic heterocycles. The van der Waals surface area contributed by atoms with Crippen molar-refractivity contribution in [3.05, 3.63) is 69.2 Å². The highest BCUT2D eigenvalue weighted by atomic mass is 35.5. The first-order valence-electron chi connectivity index (χ1n) is 6.26. The van der Waals surface area contributed by atoms with Gasteiger partial charge in [-0.3, -0.25) is 0 Å². The van der Waals surface area contributed by atoms with E-state index in [-0.39, 0.29) is 0 Å². The van der Waals surface area contributed by atoms with Gasteiger partial charge in [-0.2, -0.15) is 0 Å². The van der Waals surface area contributed by atoms with Crippen molar-refractivity contribution in [2.75, 3.05) is 0 Å². The highest BCUT2D eigenvalue weighted by molar-refractivity contribution is 6.42. The minimum atomic E-state index is -0.592. The molecule has 0 radical (unpaired) electrons. The number of hydrogen-bond donors (Lipinski definition) is 1. The first-order valence-corrected chi connectivity index (χ1v) is 7.01. The maximum absolute atomic E-state index is 10.2. The first-order chi connectivity index (χ1) is 9.09. The maximum atomic E-state index is 10.2. The molecule has 1 unspecified atom stereocenters. The molecule has 1 atom stereocenters. The van der Waals surface area contributed by atoms with Crippen LogP contribution in [0.3, 0.4) is 0 Å². The third-order valence-corrected chi connectivity index (χ3v) is 4.12. The van der Waals surface area contributed by atoms with Crippen LogP contribution in [0, 0.1) is 6.92 Å². The molecule has 2 aromatic rings. The third-order valence-electron chi connectivity index (χ3n) is 3.29. The fraction of sp³-hybridized carbons (Fsp3) is 0.250. The SMILES string of the molecule is Cc1ccccc1CCC(O)c1cccc(Cl)c1Cl. The standard InChI is InChI=1S/C16H16Cl2O/c1-11-5-2-3-6-12(11)9-10-15(19)13-7-4-8-14(17)16(13)18/h2-8,15,19H,9-10H2,1H3. The van der Waals surface area contributed by atoms with Crippen molar-refractivity contribution in [3.8, 4) is 0 Å². The minimum absolute atomic E-state index is 0.446. The van der Waals surface area contributed by atoms with E-state index in [1.165, 1.54) is 11.1 Å². The van der Waals surface area contributed by atoms with Gasteiger partial charge in [0.2, 0.25) is 0 Å². The zero-order valence-corrected chi connectivity index (χ0v) is 12.2. The van der Waals surface area contributed by atoms with E-state index in [1.54, 1.807) is 12.1 Å². The van der Waals surface area contributed by atoms with Crippen LogP contribution < -0.4 is 0 Å². The molecule has 0 bridgehead atoms. The molecule has 100 valence electrons. The largest absolute Gasteiger partial charge is 0.388 e. The van der Waals surface area contributed by atoms with Crippen LogP contribution in [0.1, 0.15) is 29.2 Å². The Bertz CT molecular complexity index is 566. The summed E-state index contributed by atoms with van der Waals surface area (Å²) in [6, 6.07) is 13.5. The van der Waals surface area contributed by atoms with E-state index in [4.69, 9.17) is 23.2 Å². The van der Waals surface area contributed by atoms with Crippen LogP contribution in [-0.2, 0) is 6.42 Å². The van der Waals surface area contributed by atoms with Gasteiger partial charge in [-0.25, -0.2) is 0 Å². The number of aliphatic hydroxyl groups is 1. The van der Waals surface area contributed by atoms with Crippen LogP contribution in [0.25, 0.3) is 0 Å². The first kappa shape index (κ1) is 14.4. The number of hydrogen-bond acceptors (Lipinski definition) is 1. The van der Waals surface area contributed by atoms with Gasteiger partial charge in [-0.05, 0) is 37.0 Å². The fourth-order valence-corrected chi connectivity index (χ4v) is 2.55. The zero-order chi connectivity index (χ0) is 13.8. The van der Waals surface area contributed by atoms with Crippen LogP contribution in [0.5, 0.6) is 0 Å². The average molecular weight is 295 g/mol. The van der Waals surface area contributed by atoms with Crippen LogP contribution in [0.2, 0.25) is 10.0 Å². The Labute approximate surface area is 123 Å². The van der Waals surface area contributed by atoms with E-state index in [1.807, 2.05) is 18.2 Å². The van der Waals surface area contributed by atoms with Gasteiger partial charge in [0.05, 0.1) is 16.1 Å². The normalized spacial score (nSPS) is 12.4. The summed E-state index contributed by atoms with van der Waals surface area (Å²) in [5.74, 6) is 0. The Balaban J connectivity index is 2.08. The van der Waals surface area contributed by atoms with E-state index in [0.717, 1.165) is 6.42 Å². The van der Waals surface area contributed by atoms with Crippen molar-refractivity contribution in [3.63, 3.8) is 0 Å². The minimum Gasteiger partial charge on any atom is -0.388 e. The maximum Gasteiger partial charge on any atom is 0.0808 e. The summed E-state index contributed by atoms with van der Waals surface area (Å²) in [4.78, 5) is 0. The number of aliphatic hydroxyl groups excluding tert-OH is 1. The van der Waals surface area contributed by atoms with Crippen molar-refractivity contribution in [1.29, 1.82) is 0 Å². The molecular formula is C16H16Cl2O. The van der Waals surface area contributed by atoms with E-state index < -0.39 is 6.10 Å². The van der Waals surface area contributed by atoms with E-state index in [2.05, 4.69) is 19.1 Å². The van der Waals surface area contributed by atoms with Gasteiger partial charge >= 0.3 is 0 Å². The molecule has 0 heterocycles. The molecule has 2 rings (SSSR count). The molecule has 19 heavy (non-hydrogen) atoms. The lowest BCUT2D eigenvalue weighted by Gasteiger charge is -2.14. The molecule has 3 heteroatoms. The summed E-state index contributed by atoms with van der Waals surface area (Å²) in [7, 11) is 0. The Kier molecular flexibility index (Phi) is 4.87. The smallest absolute Gasteiger partial charge is 0.0808 e. The molecule has 0 fully saturated rings. The molecule has 0 spiro atoms. The topological polar surface area (TPSA) is 20.2 Å². The molecule has 0 amide bonds. The Morgan fingerprint density at radius 1 is 1.05 bits per heavy atom.